The summed E-state index contributed by atoms with van der Waals surface area (Å²) in [6, 6.07) is 10.2. The molecule has 128 valence electrons. The third-order valence-corrected chi connectivity index (χ3v) is 8.27. The molecule has 4 rings (SSSR count). The van der Waals surface area contributed by atoms with Gasteiger partial charge in [0.25, 0.3) is 11.8 Å². The van der Waals surface area contributed by atoms with Crippen LogP contribution in [0, 0.1) is 0 Å². The molecule has 0 saturated heterocycles. The normalized spacial score (nSPS) is 13.8. The Morgan fingerprint density at radius 1 is 0.920 bits per heavy atom. The lowest BCUT2D eigenvalue weighted by atomic mass is 10.2. The SMILES string of the molecule is CCCCN1C(=O)c2cc(-c3ccc(-c4ccc(Br)s4)s3)sc2C1=O. The van der Waals surface area contributed by atoms with Crippen molar-refractivity contribution >= 4 is 61.8 Å². The number of carbonyl (C=O) groups is 2. The Bertz CT molecular complexity index is 935. The van der Waals surface area contributed by atoms with Crippen LogP contribution in [0.2, 0.25) is 0 Å². The minimum Gasteiger partial charge on any atom is -0.274 e. The van der Waals surface area contributed by atoms with Gasteiger partial charge in [0, 0.05) is 26.1 Å². The first kappa shape index (κ1) is 17.1. The van der Waals surface area contributed by atoms with Crippen LogP contribution >= 0.6 is 49.9 Å². The van der Waals surface area contributed by atoms with Crippen LogP contribution in [0.4, 0.5) is 0 Å². The maximum Gasteiger partial charge on any atom is 0.271 e. The molecule has 0 saturated carbocycles. The van der Waals surface area contributed by atoms with E-state index in [1.807, 2.05) is 12.1 Å². The van der Waals surface area contributed by atoms with E-state index >= 15 is 0 Å². The number of halogens is 1. The molecule has 25 heavy (non-hydrogen) atoms. The summed E-state index contributed by atoms with van der Waals surface area (Å²) in [6.45, 7) is 2.57. The highest BCUT2D eigenvalue weighted by Crippen LogP contribution is 2.43. The second-order valence-electron chi connectivity index (χ2n) is 5.74. The number of unbranched alkanes of at least 4 members (excludes halogenated alkanes) is 1. The lowest BCUT2D eigenvalue weighted by molar-refractivity contribution is 0.0653. The van der Waals surface area contributed by atoms with Crippen molar-refractivity contribution in [2.75, 3.05) is 6.54 Å². The van der Waals surface area contributed by atoms with Crippen molar-refractivity contribution in [1.29, 1.82) is 0 Å². The Labute approximate surface area is 166 Å². The Balaban J connectivity index is 1.62. The van der Waals surface area contributed by atoms with Crippen molar-refractivity contribution in [1.82, 2.24) is 4.90 Å². The minimum absolute atomic E-state index is 0.135. The van der Waals surface area contributed by atoms with Gasteiger partial charge in [0.2, 0.25) is 0 Å². The molecule has 3 aromatic heterocycles. The quantitative estimate of drug-likeness (QED) is 0.422. The van der Waals surface area contributed by atoms with E-state index in [4.69, 9.17) is 0 Å². The van der Waals surface area contributed by atoms with E-state index in [-0.39, 0.29) is 11.8 Å². The van der Waals surface area contributed by atoms with Crippen LogP contribution in [-0.2, 0) is 0 Å². The van der Waals surface area contributed by atoms with Crippen LogP contribution in [0.5, 0.6) is 0 Å². The number of imide groups is 1. The minimum atomic E-state index is -0.144. The monoisotopic (exact) mass is 451 g/mol. The van der Waals surface area contributed by atoms with Crippen LogP contribution < -0.4 is 0 Å². The fourth-order valence-electron chi connectivity index (χ4n) is 2.76. The van der Waals surface area contributed by atoms with E-state index in [0.717, 1.165) is 26.4 Å². The smallest absolute Gasteiger partial charge is 0.271 e. The fourth-order valence-corrected chi connectivity index (χ4v) is 6.42. The van der Waals surface area contributed by atoms with Gasteiger partial charge in [0.15, 0.2) is 0 Å². The number of rotatable bonds is 5. The molecule has 2 amide bonds. The van der Waals surface area contributed by atoms with Crippen LogP contribution in [-0.4, -0.2) is 23.3 Å². The van der Waals surface area contributed by atoms with Gasteiger partial charge in [0.05, 0.1) is 9.35 Å². The van der Waals surface area contributed by atoms with Gasteiger partial charge >= 0.3 is 0 Å². The van der Waals surface area contributed by atoms with Gasteiger partial charge < -0.3 is 0 Å². The molecule has 0 atom stereocenters. The molecule has 4 heterocycles. The van der Waals surface area contributed by atoms with Gasteiger partial charge in [-0.3, -0.25) is 14.5 Å². The van der Waals surface area contributed by atoms with E-state index in [0.29, 0.717) is 17.0 Å². The Hall–Kier alpha value is -1.28. The maximum absolute atomic E-state index is 12.5. The number of nitrogens with zero attached hydrogens (tertiary/aromatic N) is 1. The van der Waals surface area contributed by atoms with Crippen molar-refractivity contribution in [2.45, 2.75) is 19.8 Å². The third-order valence-electron chi connectivity index (χ3n) is 4.05. The maximum atomic E-state index is 12.5. The zero-order chi connectivity index (χ0) is 17.6. The van der Waals surface area contributed by atoms with E-state index in [1.54, 1.807) is 22.7 Å². The Kier molecular flexibility index (Phi) is 4.66. The summed E-state index contributed by atoms with van der Waals surface area (Å²) in [5.74, 6) is -0.279. The molecule has 1 aliphatic heterocycles. The van der Waals surface area contributed by atoms with E-state index in [2.05, 4.69) is 41.1 Å². The first-order chi connectivity index (χ1) is 12.1. The molecule has 0 aliphatic carbocycles. The van der Waals surface area contributed by atoms with Crippen LogP contribution in [0.15, 0.2) is 34.1 Å². The van der Waals surface area contributed by atoms with E-state index in [1.165, 1.54) is 26.0 Å². The second-order valence-corrected chi connectivity index (χ2v) is 10.3. The Morgan fingerprint density at radius 2 is 1.60 bits per heavy atom. The summed E-state index contributed by atoms with van der Waals surface area (Å²) in [4.78, 5) is 31.5. The largest absolute Gasteiger partial charge is 0.274 e. The molecule has 0 unspecified atom stereocenters. The van der Waals surface area contributed by atoms with Gasteiger partial charge in [-0.25, -0.2) is 0 Å². The standard InChI is InChI=1S/C18H14BrNO2S3/c1-2-3-8-20-17(21)10-9-14(25-16(10)18(20)22)13-5-4-11(23-13)12-6-7-15(19)24-12/h4-7,9H,2-3,8H2,1H3. The second kappa shape index (κ2) is 6.79. The van der Waals surface area contributed by atoms with Crippen LogP contribution in [0.3, 0.4) is 0 Å². The molecule has 0 aromatic carbocycles. The Morgan fingerprint density at radius 3 is 2.24 bits per heavy atom. The summed E-state index contributed by atoms with van der Waals surface area (Å²) >= 11 is 8.31. The molecule has 0 bridgehead atoms. The number of amides is 2. The average molecular weight is 452 g/mol. The lowest BCUT2D eigenvalue weighted by Crippen LogP contribution is -2.30. The zero-order valence-corrected chi connectivity index (χ0v) is 17.4. The molecule has 0 radical (unpaired) electrons. The molecule has 1 aliphatic rings. The number of hydrogen-bond donors (Lipinski definition) is 0. The number of hydrogen-bond acceptors (Lipinski definition) is 5. The highest BCUT2D eigenvalue weighted by Gasteiger charge is 2.37. The van der Waals surface area contributed by atoms with Crippen molar-refractivity contribution in [3.63, 3.8) is 0 Å². The number of fused-ring (bicyclic) bond motifs is 1. The van der Waals surface area contributed by atoms with Gasteiger partial charge in [0.1, 0.15) is 4.88 Å². The van der Waals surface area contributed by atoms with E-state index < -0.39 is 0 Å². The van der Waals surface area contributed by atoms with Crippen molar-refractivity contribution in [3.8, 4) is 19.5 Å². The molecular formula is C18H14BrNO2S3. The molecule has 3 aromatic rings. The van der Waals surface area contributed by atoms with Crippen LogP contribution in [0.1, 0.15) is 39.8 Å². The molecule has 0 spiro atoms. The molecule has 0 N–H and O–H groups in total. The molecule has 3 nitrogen and oxygen atoms in total. The lowest BCUT2D eigenvalue weighted by Gasteiger charge is -2.12. The van der Waals surface area contributed by atoms with Crippen molar-refractivity contribution in [2.24, 2.45) is 0 Å². The predicted octanol–water partition coefficient (Wildman–Crippen LogP) is 6.36. The van der Waals surface area contributed by atoms with Crippen molar-refractivity contribution < 1.29 is 9.59 Å². The van der Waals surface area contributed by atoms with Gasteiger partial charge in [-0.1, -0.05) is 13.3 Å². The average Bonchev–Trinajstić information content (AvgIpc) is 3.34. The van der Waals surface area contributed by atoms with Crippen molar-refractivity contribution in [3.05, 3.63) is 44.6 Å². The van der Waals surface area contributed by atoms with Gasteiger partial charge in [-0.15, -0.1) is 34.0 Å². The molecule has 7 heteroatoms. The van der Waals surface area contributed by atoms with Crippen LogP contribution in [0.25, 0.3) is 19.5 Å². The van der Waals surface area contributed by atoms with Gasteiger partial charge in [-0.05, 0) is 52.7 Å². The summed E-state index contributed by atoms with van der Waals surface area (Å²) in [6.07, 6.45) is 1.82. The van der Waals surface area contributed by atoms with E-state index in [9.17, 15) is 9.59 Å². The highest BCUT2D eigenvalue weighted by atomic mass is 79.9. The number of thiophene rings is 3. The summed E-state index contributed by atoms with van der Waals surface area (Å²) in [5.41, 5.74) is 0.565. The molecular weight excluding hydrogens is 438 g/mol. The van der Waals surface area contributed by atoms with Gasteiger partial charge in [-0.2, -0.15) is 0 Å². The summed E-state index contributed by atoms with van der Waals surface area (Å²) < 4.78 is 1.11. The highest BCUT2D eigenvalue weighted by molar-refractivity contribution is 9.11. The molecule has 0 fully saturated rings. The topological polar surface area (TPSA) is 37.4 Å². The first-order valence-corrected chi connectivity index (χ1v) is 11.2. The predicted molar refractivity (Wildman–Crippen MR) is 109 cm³/mol. The summed E-state index contributed by atoms with van der Waals surface area (Å²) in [7, 11) is 0. The number of carbonyl (C=O) groups excluding carboxylic acids is 2. The first-order valence-electron chi connectivity index (χ1n) is 7.94. The fraction of sp³-hybridized carbons (Fsp3) is 0.222. The third kappa shape index (κ3) is 3.03. The summed E-state index contributed by atoms with van der Waals surface area (Å²) in [5, 5.41) is 0. The zero-order valence-electron chi connectivity index (χ0n) is 13.4.